The van der Waals surface area contributed by atoms with Crippen molar-refractivity contribution in [2.45, 2.75) is 39.3 Å². The molecule has 0 fully saturated rings. The number of ether oxygens (including phenoxy) is 1. The number of carbonyl (C=O) groups excluding carboxylic acids is 1. The summed E-state index contributed by atoms with van der Waals surface area (Å²) in [6.07, 6.45) is 0. The number of carbonyl (C=O) groups is 1. The van der Waals surface area contributed by atoms with Crippen LogP contribution in [0.1, 0.15) is 25.3 Å². The van der Waals surface area contributed by atoms with Crippen molar-refractivity contribution in [2.24, 2.45) is 0 Å². The minimum Gasteiger partial charge on any atom is -0.466 e. The maximum absolute atomic E-state index is 12.9. The quantitative estimate of drug-likeness (QED) is 0.611. The van der Waals surface area contributed by atoms with Gasteiger partial charge in [-0.1, -0.05) is 17.7 Å². The Hall–Kier alpha value is -1.90. The lowest BCUT2D eigenvalue weighted by atomic mass is 10.0. The van der Waals surface area contributed by atoms with Crippen LogP contribution in [0, 0.1) is 0 Å². The van der Waals surface area contributed by atoms with Gasteiger partial charge >= 0.3 is 5.97 Å². The molecule has 0 radical (unpaired) electrons. The van der Waals surface area contributed by atoms with Crippen LogP contribution < -0.4 is 0 Å². The van der Waals surface area contributed by atoms with E-state index in [-0.39, 0.29) is 31.2 Å². The van der Waals surface area contributed by atoms with Gasteiger partial charge in [-0.15, -0.1) is 0 Å². The van der Waals surface area contributed by atoms with Gasteiger partial charge in [-0.3, -0.25) is 4.79 Å². The molecule has 2 aromatic carbocycles. The number of benzene rings is 2. The maximum atomic E-state index is 12.9. The predicted molar refractivity (Wildman–Crippen MR) is 93.8 cm³/mol. The Balaban J connectivity index is 2.25. The lowest BCUT2D eigenvalue weighted by molar-refractivity contribution is -0.144. The number of hydrogen-bond acceptors (Lipinski definition) is 6. The lowest BCUT2D eigenvalue weighted by Crippen LogP contribution is -2.21. The van der Waals surface area contributed by atoms with Crippen LogP contribution in [0.5, 0.6) is 0 Å². The minimum atomic E-state index is -4.07. The molecule has 1 aliphatic heterocycles. The van der Waals surface area contributed by atoms with E-state index in [0.29, 0.717) is 5.56 Å². The third kappa shape index (κ3) is 2.82. The van der Waals surface area contributed by atoms with Gasteiger partial charge in [-0.25, -0.2) is 16.8 Å². The SMILES string of the molecule is CCOC(=O)C(C)c1ccc2c(c1)S(=O)(=O)c1ccc(Cl)cc1S2(=O)=O. The van der Waals surface area contributed by atoms with Gasteiger partial charge < -0.3 is 4.74 Å². The smallest absolute Gasteiger partial charge is 0.313 e. The Morgan fingerprint density at radius 2 is 1.50 bits per heavy atom. The summed E-state index contributed by atoms with van der Waals surface area (Å²) in [6, 6.07) is 7.47. The van der Waals surface area contributed by atoms with Crippen LogP contribution in [0.4, 0.5) is 0 Å². The van der Waals surface area contributed by atoms with Gasteiger partial charge in [-0.05, 0) is 49.7 Å². The number of fused-ring (bicyclic) bond motifs is 2. The molecule has 1 atom stereocenters. The molecule has 0 spiro atoms. The molecule has 9 heteroatoms. The summed E-state index contributed by atoms with van der Waals surface area (Å²) in [7, 11) is -8.12. The van der Waals surface area contributed by atoms with Crippen molar-refractivity contribution in [3.05, 3.63) is 47.0 Å². The molecule has 2 aromatic rings. The lowest BCUT2D eigenvalue weighted by Gasteiger charge is -2.21. The van der Waals surface area contributed by atoms with E-state index in [2.05, 4.69) is 0 Å². The fourth-order valence-electron chi connectivity index (χ4n) is 2.78. The predicted octanol–water partition coefficient (Wildman–Crippen LogP) is 2.99. The molecule has 3 rings (SSSR count). The van der Waals surface area contributed by atoms with E-state index in [0.717, 1.165) is 6.07 Å². The first kappa shape index (κ1) is 18.9. The van der Waals surface area contributed by atoms with Gasteiger partial charge in [-0.2, -0.15) is 0 Å². The Morgan fingerprint density at radius 1 is 0.962 bits per heavy atom. The minimum absolute atomic E-state index is 0.124. The summed E-state index contributed by atoms with van der Waals surface area (Å²) in [5.74, 6) is -1.25. The number of halogens is 1. The van der Waals surface area contributed by atoms with Crippen LogP contribution in [0.3, 0.4) is 0 Å². The Morgan fingerprint density at radius 3 is 2.08 bits per heavy atom. The zero-order chi connectivity index (χ0) is 19.3. The summed E-state index contributed by atoms with van der Waals surface area (Å²) in [5, 5.41) is 0.124. The third-order valence-corrected chi connectivity index (χ3v) is 8.37. The highest BCUT2D eigenvalue weighted by Crippen LogP contribution is 2.42. The molecule has 1 aliphatic rings. The molecule has 0 amide bonds. The van der Waals surface area contributed by atoms with Crippen molar-refractivity contribution in [3.8, 4) is 0 Å². The Kier molecular flexibility index (Phi) is 4.62. The average molecular weight is 415 g/mol. The molecule has 0 aromatic heterocycles. The number of sulfone groups is 2. The average Bonchev–Trinajstić information content (AvgIpc) is 2.59. The molecule has 0 bridgehead atoms. The van der Waals surface area contributed by atoms with E-state index in [1.54, 1.807) is 13.8 Å². The van der Waals surface area contributed by atoms with Crippen LogP contribution in [-0.2, 0) is 29.2 Å². The first-order valence-corrected chi connectivity index (χ1v) is 11.1. The molecule has 0 aliphatic carbocycles. The van der Waals surface area contributed by atoms with E-state index >= 15 is 0 Å². The van der Waals surface area contributed by atoms with Crippen LogP contribution in [-0.4, -0.2) is 29.4 Å². The van der Waals surface area contributed by atoms with E-state index in [9.17, 15) is 21.6 Å². The zero-order valence-corrected chi connectivity index (χ0v) is 16.3. The highest BCUT2D eigenvalue weighted by molar-refractivity contribution is 7.97. The van der Waals surface area contributed by atoms with E-state index < -0.39 is 31.6 Å². The molecular weight excluding hydrogens is 400 g/mol. The molecule has 0 saturated carbocycles. The maximum Gasteiger partial charge on any atom is 0.313 e. The van der Waals surface area contributed by atoms with Gasteiger partial charge in [0.2, 0.25) is 19.7 Å². The van der Waals surface area contributed by atoms with Crippen LogP contribution in [0.15, 0.2) is 56.0 Å². The van der Waals surface area contributed by atoms with E-state index in [4.69, 9.17) is 16.3 Å². The molecule has 1 unspecified atom stereocenters. The standard InChI is InChI=1S/C17H15ClO6S2/c1-3-24-17(19)10(2)11-4-6-13-15(8-11)25(20,21)14-7-5-12(18)9-16(14)26(13,22)23/h4-10H,3H2,1-2H3. The van der Waals surface area contributed by atoms with E-state index in [1.807, 2.05) is 0 Å². The van der Waals surface area contributed by atoms with Crippen LogP contribution in [0.25, 0.3) is 0 Å². The number of rotatable bonds is 3. The highest BCUT2D eigenvalue weighted by atomic mass is 35.5. The van der Waals surface area contributed by atoms with Crippen molar-refractivity contribution in [2.75, 3.05) is 6.61 Å². The second kappa shape index (κ2) is 6.37. The molecule has 138 valence electrons. The molecule has 0 N–H and O–H groups in total. The molecule has 1 heterocycles. The fraction of sp³-hybridized carbons (Fsp3) is 0.235. The van der Waals surface area contributed by atoms with Crippen molar-refractivity contribution in [3.63, 3.8) is 0 Å². The number of hydrogen-bond donors (Lipinski definition) is 0. The summed E-state index contributed by atoms with van der Waals surface area (Å²) < 4.78 is 56.5. The molecule has 0 saturated heterocycles. The molecule has 6 nitrogen and oxygen atoms in total. The topological polar surface area (TPSA) is 94.6 Å². The Bertz CT molecular complexity index is 1120. The normalized spacial score (nSPS) is 17.7. The zero-order valence-electron chi connectivity index (χ0n) is 13.9. The van der Waals surface area contributed by atoms with Gasteiger partial charge in [0.25, 0.3) is 0 Å². The van der Waals surface area contributed by atoms with Gasteiger partial charge in [0, 0.05) is 5.02 Å². The summed E-state index contributed by atoms with van der Waals surface area (Å²) in [4.78, 5) is 10.6. The van der Waals surface area contributed by atoms with E-state index in [1.165, 1.54) is 30.3 Å². The Labute approximate surface area is 156 Å². The van der Waals surface area contributed by atoms with Crippen molar-refractivity contribution < 1.29 is 26.4 Å². The van der Waals surface area contributed by atoms with Gasteiger partial charge in [0.05, 0.1) is 32.1 Å². The summed E-state index contributed by atoms with van der Waals surface area (Å²) in [6.45, 7) is 3.42. The first-order valence-electron chi connectivity index (χ1n) is 7.71. The number of esters is 1. The first-order chi connectivity index (χ1) is 12.1. The second-order valence-electron chi connectivity index (χ2n) is 5.78. The molecular formula is C17H15ClO6S2. The highest BCUT2D eigenvalue weighted by Gasteiger charge is 2.39. The second-order valence-corrected chi connectivity index (χ2v) is 9.99. The fourth-order valence-corrected chi connectivity index (χ4v) is 7.19. The molecule has 26 heavy (non-hydrogen) atoms. The monoisotopic (exact) mass is 414 g/mol. The van der Waals surface area contributed by atoms with Crippen molar-refractivity contribution in [1.82, 2.24) is 0 Å². The van der Waals surface area contributed by atoms with Crippen molar-refractivity contribution in [1.29, 1.82) is 0 Å². The van der Waals surface area contributed by atoms with Gasteiger partial charge in [0.1, 0.15) is 0 Å². The summed E-state index contributed by atoms with van der Waals surface area (Å²) in [5.41, 5.74) is 0.360. The third-order valence-electron chi connectivity index (χ3n) is 4.17. The van der Waals surface area contributed by atoms with Crippen molar-refractivity contribution >= 4 is 37.2 Å². The summed E-state index contributed by atoms with van der Waals surface area (Å²) >= 11 is 5.84. The van der Waals surface area contributed by atoms with Crippen LogP contribution >= 0.6 is 11.6 Å². The largest absolute Gasteiger partial charge is 0.466 e. The van der Waals surface area contributed by atoms with Crippen LogP contribution in [0.2, 0.25) is 5.02 Å². The van der Waals surface area contributed by atoms with Gasteiger partial charge in [0.15, 0.2) is 0 Å².